The van der Waals surface area contributed by atoms with Crippen molar-refractivity contribution in [2.75, 3.05) is 6.61 Å². The highest BCUT2D eigenvalue weighted by molar-refractivity contribution is 14.1. The normalized spacial score (nSPS) is 19.6. The Morgan fingerprint density at radius 1 is 1.00 bits per heavy atom. The molecule has 2 rings (SSSR count). The number of unbranched alkanes of at least 4 members (excludes halogenated alkanes) is 14. The molecule has 0 bridgehead atoms. The van der Waals surface area contributed by atoms with E-state index in [-0.39, 0.29) is 19.0 Å². The Hall–Kier alpha value is -1.20. The number of H-pyrrole nitrogens is 1. The van der Waals surface area contributed by atoms with E-state index >= 15 is 0 Å². The molecule has 1 aromatic heterocycles. The fourth-order valence-corrected chi connectivity index (χ4v) is 5.03. The Kier molecular flexibility index (Phi) is 15.6. The number of aromatic amines is 1. The average molecular weight is 621 g/mol. The van der Waals surface area contributed by atoms with Crippen molar-refractivity contribution in [1.82, 2.24) is 9.55 Å². The monoisotopic (exact) mass is 620 g/mol. The summed E-state index contributed by atoms with van der Waals surface area (Å²) >= 11 is 1.83. The quantitative estimate of drug-likeness (QED) is 0.119. The molecular weight excluding hydrogens is 575 g/mol. The number of aliphatic hydroxyl groups excluding tert-OH is 1. The van der Waals surface area contributed by atoms with E-state index in [0.29, 0.717) is 9.99 Å². The van der Waals surface area contributed by atoms with Gasteiger partial charge in [0, 0.05) is 19.0 Å². The van der Waals surface area contributed by atoms with Gasteiger partial charge in [0.2, 0.25) is 0 Å². The molecular formula is C27H45IN2O6. The Labute approximate surface area is 228 Å². The summed E-state index contributed by atoms with van der Waals surface area (Å²) in [5.74, 6) is -0.292. The highest BCUT2D eigenvalue weighted by Crippen LogP contribution is 2.28. The number of aromatic nitrogens is 2. The zero-order chi connectivity index (χ0) is 26.2. The van der Waals surface area contributed by atoms with Gasteiger partial charge in [0.05, 0.1) is 9.67 Å². The summed E-state index contributed by atoms with van der Waals surface area (Å²) in [6, 6.07) is 0. The molecule has 36 heavy (non-hydrogen) atoms. The van der Waals surface area contributed by atoms with Crippen LogP contribution in [0.5, 0.6) is 0 Å². The Balaban J connectivity index is 1.46. The standard InChI is InChI=1S/C27H45IN2O6/c1-2-3-4-5-6-7-8-9-10-11-12-13-14-15-16-17-25(32)35-20-23-22(31)18-24(36-23)30-19-21(28)26(33)29-27(30)34/h19,22-24,31H,2-18,20H2,1H3,(H,29,33,34)/t22-,23+,24+/m0/s1. The maximum absolute atomic E-state index is 12.1. The van der Waals surface area contributed by atoms with Crippen molar-refractivity contribution in [3.05, 3.63) is 30.6 Å². The lowest BCUT2D eigenvalue weighted by molar-refractivity contribution is -0.150. The lowest BCUT2D eigenvalue weighted by Crippen LogP contribution is -2.33. The molecule has 1 aromatic rings. The van der Waals surface area contributed by atoms with Crippen LogP contribution in [0, 0.1) is 3.57 Å². The molecule has 1 aliphatic rings. The van der Waals surface area contributed by atoms with Crippen molar-refractivity contribution in [3.8, 4) is 0 Å². The van der Waals surface area contributed by atoms with Gasteiger partial charge in [-0.1, -0.05) is 96.8 Å². The molecule has 2 N–H and O–H groups in total. The number of carbonyl (C=O) groups excluding carboxylic acids is 1. The molecule has 0 aliphatic carbocycles. The van der Waals surface area contributed by atoms with E-state index in [1.54, 1.807) is 0 Å². The van der Waals surface area contributed by atoms with Crippen LogP contribution in [-0.4, -0.2) is 39.4 Å². The van der Waals surface area contributed by atoms with Crippen molar-refractivity contribution < 1.29 is 19.4 Å². The molecule has 3 atom stereocenters. The number of nitrogens with zero attached hydrogens (tertiary/aromatic N) is 1. The van der Waals surface area contributed by atoms with Crippen LogP contribution in [0.2, 0.25) is 0 Å². The average Bonchev–Trinajstić information content (AvgIpc) is 3.22. The van der Waals surface area contributed by atoms with Crippen LogP contribution in [0.25, 0.3) is 0 Å². The number of aliphatic hydroxyl groups is 1. The van der Waals surface area contributed by atoms with Gasteiger partial charge in [-0.15, -0.1) is 0 Å². The second-order valence-corrected chi connectivity index (χ2v) is 11.1. The zero-order valence-corrected chi connectivity index (χ0v) is 24.0. The molecule has 8 nitrogen and oxygen atoms in total. The summed E-state index contributed by atoms with van der Waals surface area (Å²) in [5.41, 5.74) is -1.05. The van der Waals surface area contributed by atoms with Gasteiger partial charge >= 0.3 is 11.7 Å². The lowest BCUT2D eigenvalue weighted by atomic mass is 10.0. The van der Waals surface area contributed by atoms with Gasteiger partial charge in [-0.25, -0.2) is 4.79 Å². The molecule has 0 aromatic carbocycles. The first-order valence-electron chi connectivity index (χ1n) is 13.9. The summed E-state index contributed by atoms with van der Waals surface area (Å²) in [7, 11) is 0. The summed E-state index contributed by atoms with van der Waals surface area (Å²) in [6.07, 6.45) is 18.8. The molecule has 206 valence electrons. The van der Waals surface area contributed by atoms with E-state index in [9.17, 15) is 19.5 Å². The highest BCUT2D eigenvalue weighted by atomic mass is 127. The fraction of sp³-hybridized carbons (Fsp3) is 0.815. The van der Waals surface area contributed by atoms with Crippen LogP contribution in [-0.2, 0) is 14.3 Å². The minimum Gasteiger partial charge on any atom is -0.463 e. The molecule has 1 saturated heterocycles. The van der Waals surface area contributed by atoms with Gasteiger partial charge in [-0.2, -0.15) is 0 Å². The summed E-state index contributed by atoms with van der Waals surface area (Å²) in [4.78, 5) is 37.9. The number of hydrogen-bond acceptors (Lipinski definition) is 6. The number of hydrogen-bond donors (Lipinski definition) is 2. The topological polar surface area (TPSA) is 111 Å². The van der Waals surface area contributed by atoms with Crippen molar-refractivity contribution in [2.45, 2.75) is 135 Å². The predicted molar refractivity (Wildman–Crippen MR) is 149 cm³/mol. The third-order valence-electron chi connectivity index (χ3n) is 6.83. The molecule has 2 heterocycles. The second kappa shape index (κ2) is 18.1. The van der Waals surface area contributed by atoms with E-state index in [0.717, 1.165) is 19.3 Å². The van der Waals surface area contributed by atoms with Crippen LogP contribution in [0.3, 0.4) is 0 Å². The molecule has 0 radical (unpaired) electrons. The van der Waals surface area contributed by atoms with Crippen LogP contribution in [0.15, 0.2) is 15.8 Å². The van der Waals surface area contributed by atoms with E-state index < -0.39 is 29.7 Å². The predicted octanol–water partition coefficient (Wildman–Crippen LogP) is 5.59. The minimum absolute atomic E-state index is 0.0512. The molecule has 1 fully saturated rings. The van der Waals surface area contributed by atoms with Crippen LogP contribution < -0.4 is 11.2 Å². The van der Waals surface area contributed by atoms with Gasteiger partial charge in [0.25, 0.3) is 5.56 Å². The first kappa shape index (κ1) is 31.0. The maximum atomic E-state index is 12.1. The second-order valence-electron chi connectivity index (χ2n) is 9.96. The van der Waals surface area contributed by atoms with E-state index in [1.165, 1.54) is 87.8 Å². The van der Waals surface area contributed by atoms with Crippen LogP contribution >= 0.6 is 22.6 Å². The van der Waals surface area contributed by atoms with Crippen molar-refractivity contribution in [2.24, 2.45) is 0 Å². The van der Waals surface area contributed by atoms with Gasteiger partial charge in [-0.05, 0) is 29.0 Å². The SMILES string of the molecule is CCCCCCCCCCCCCCCCCC(=O)OC[C@H]1O[C@@H](n2cc(I)c(=O)[nH]c2=O)C[C@@H]1O. The van der Waals surface area contributed by atoms with Gasteiger partial charge < -0.3 is 14.6 Å². The van der Waals surface area contributed by atoms with Gasteiger partial charge in [0.15, 0.2) is 0 Å². The van der Waals surface area contributed by atoms with E-state index in [2.05, 4.69) is 11.9 Å². The Morgan fingerprint density at radius 3 is 2.08 bits per heavy atom. The van der Waals surface area contributed by atoms with Crippen molar-refractivity contribution in [3.63, 3.8) is 0 Å². The molecule has 0 unspecified atom stereocenters. The smallest absolute Gasteiger partial charge is 0.330 e. The molecule has 9 heteroatoms. The highest BCUT2D eigenvalue weighted by Gasteiger charge is 2.36. The minimum atomic E-state index is -0.856. The van der Waals surface area contributed by atoms with E-state index in [1.807, 2.05) is 22.6 Å². The van der Waals surface area contributed by atoms with Gasteiger partial charge in [-0.3, -0.25) is 19.1 Å². The molecule has 0 amide bonds. The molecule has 1 aliphatic heterocycles. The zero-order valence-electron chi connectivity index (χ0n) is 21.9. The van der Waals surface area contributed by atoms with E-state index in [4.69, 9.17) is 9.47 Å². The Bertz CT molecular complexity index is 871. The first-order chi connectivity index (χ1) is 17.4. The third kappa shape index (κ3) is 11.9. The maximum Gasteiger partial charge on any atom is 0.330 e. The first-order valence-corrected chi connectivity index (χ1v) is 15.0. The molecule has 0 saturated carbocycles. The van der Waals surface area contributed by atoms with Crippen molar-refractivity contribution >= 4 is 28.6 Å². The van der Waals surface area contributed by atoms with Crippen molar-refractivity contribution in [1.29, 1.82) is 0 Å². The number of ether oxygens (including phenoxy) is 2. The summed E-state index contributed by atoms with van der Waals surface area (Å²) in [5, 5.41) is 10.3. The van der Waals surface area contributed by atoms with Crippen LogP contribution in [0.4, 0.5) is 0 Å². The number of nitrogens with one attached hydrogen (secondary N) is 1. The largest absolute Gasteiger partial charge is 0.463 e. The lowest BCUT2D eigenvalue weighted by Gasteiger charge is -2.16. The fourth-order valence-electron chi connectivity index (χ4n) is 4.60. The number of carbonyl (C=O) groups is 1. The van der Waals surface area contributed by atoms with Crippen LogP contribution in [0.1, 0.15) is 122 Å². The third-order valence-corrected chi connectivity index (χ3v) is 7.60. The Morgan fingerprint density at radius 2 is 1.53 bits per heavy atom. The molecule has 0 spiro atoms. The summed E-state index contributed by atoms with van der Waals surface area (Å²) in [6.45, 7) is 2.21. The number of esters is 1. The number of rotatable bonds is 19. The van der Waals surface area contributed by atoms with Gasteiger partial charge in [0.1, 0.15) is 18.9 Å². The number of halogens is 1. The summed E-state index contributed by atoms with van der Waals surface area (Å²) < 4.78 is 12.6.